The van der Waals surface area contributed by atoms with Gasteiger partial charge in [-0.1, -0.05) is 30.3 Å². The van der Waals surface area contributed by atoms with Crippen LogP contribution in [-0.4, -0.2) is 58.0 Å². The van der Waals surface area contributed by atoms with Crippen molar-refractivity contribution in [3.8, 4) is 0 Å². The number of fused-ring (bicyclic) bond motifs is 1. The fourth-order valence-electron chi connectivity index (χ4n) is 4.31. The third kappa shape index (κ3) is 4.50. The smallest absolute Gasteiger partial charge is 0.237 e. The number of piperazine rings is 1. The van der Waals surface area contributed by atoms with Crippen LogP contribution in [0.3, 0.4) is 0 Å². The number of aromatic nitrogens is 2. The molecule has 1 aliphatic carbocycles. The lowest BCUT2D eigenvalue weighted by atomic mass is 9.96. The Bertz CT molecular complexity index is 863. The predicted molar refractivity (Wildman–Crippen MR) is 110 cm³/mol. The molecule has 2 N–H and O–H groups in total. The fourth-order valence-corrected chi connectivity index (χ4v) is 4.31. The standard InChI is InChI=1S/C22H29N5O2/c1-26(15-19-17-9-5-6-10-18(17)24-25-19)21(28)13-20-22(29)23-11-12-27(20)14-16-7-3-2-4-8-16/h2-4,7-8,20H,5-6,9-15H2,1H3,(H,23,29)(H,24,25). The number of carbonyl (C=O) groups is 2. The van der Waals surface area contributed by atoms with Crippen molar-refractivity contribution >= 4 is 11.8 Å². The van der Waals surface area contributed by atoms with Gasteiger partial charge in [-0.25, -0.2) is 0 Å². The molecule has 154 valence electrons. The normalized spacial score (nSPS) is 19.5. The van der Waals surface area contributed by atoms with Crippen molar-refractivity contribution in [3.63, 3.8) is 0 Å². The molecule has 2 heterocycles. The number of hydrogen-bond donors (Lipinski definition) is 2. The summed E-state index contributed by atoms with van der Waals surface area (Å²) >= 11 is 0. The lowest BCUT2D eigenvalue weighted by Crippen LogP contribution is -2.56. The first-order chi connectivity index (χ1) is 14.1. The molecule has 2 amide bonds. The number of hydrogen-bond acceptors (Lipinski definition) is 4. The Morgan fingerprint density at radius 3 is 2.86 bits per heavy atom. The maximum atomic E-state index is 12.9. The topological polar surface area (TPSA) is 81.3 Å². The van der Waals surface area contributed by atoms with Crippen molar-refractivity contribution in [3.05, 3.63) is 52.8 Å². The second-order valence-electron chi connectivity index (χ2n) is 8.05. The summed E-state index contributed by atoms with van der Waals surface area (Å²) in [4.78, 5) is 29.3. The zero-order valence-corrected chi connectivity index (χ0v) is 17.0. The van der Waals surface area contributed by atoms with Crippen molar-refractivity contribution in [2.75, 3.05) is 20.1 Å². The lowest BCUT2D eigenvalue weighted by Gasteiger charge is -2.35. The molecule has 1 saturated heterocycles. The Morgan fingerprint density at radius 2 is 2.03 bits per heavy atom. The molecule has 1 atom stereocenters. The summed E-state index contributed by atoms with van der Waals surface area (Å²) in [7, 11) is 1.80. The van der Waals surface area contributed by atoms with E-state index in [9.17, 15) is 9.59 Å². The molecular weight excluding hydrogens is 366 g/mol. The van der Waals surface area contributed by atoms with Gasteiger partial charge in [0, 0.05) is 32.4 Å². The van der Waals surface area contributed by atoms with Crippen LogP contribution in [0.4, 0.5) is 0 Å². The zero-order chi connectivity index (χ0) is 20.2. The summed E-state index contributed by atoms with van der Waals surface area (Å²) in [6, 6.07) is 9.65. The molecule has 7 nitrogen and oxygen atoms in total. The van der Waals surface area contributed by atoms with Gasteiger partial charge in [0.15, 0.2) is 0 Å². The Hall–Kier alpha value is -2.67. The predicted octanol–water partition coefficient (Wildman–Crippen LogP) is 1.64. The summed E-state index contributed by atoms with van der Waals surface area (Å²) in [5.41, 5.74) is 4.60. The van der Waals surface area contributed by atoms with E-state index in [1.165, 1.54) is 24.1 Å². The van der Waals surface area contributed by atoms with E-state index in [-0.39, 0.29) is 18.2 Å². The SMILES string of the molecule is CN(Cc1n[nH]c2c1CCCC2)C(=O)CC1C(=O)NCCN1Cc1ccccc1. The van der Waals surface area contributed by atoms with Gasteiger partial charge in [0.05, 0.1) is 24.7 Å². The third-order valence-corrected chi connectivity index (χ3v) is 5.99. The molecule has 7 heteroatoms. The first kappa shape index (κ1) is 19.6. The molecule has 0 spiro atoms. The lowest BCUT2D eigenvalue weighted by molar-refractivity contribution is -0.138. The number of benzene rings is 1. The maximum Gasteiger partial charge on any atom is 0.237 e. The van der Waals surface area contributed by atoms with Crippen molar-refractivity contribution in [2.45, 2.75) is 51.2 Å². The van der Waals surface area contributed by atoms with Crippen LogP contribution in [0.2, 0.25) is 0 Å². The van der Waals surface area contributed by atoms with Gasteiger partial charge in [0.1, 0.15) is 0 Å². The number of amides is 2. The number of aryl methyl sites for hydroxylation is 1. The molecule has 29 heavy (non-hydrogen) atoms. The van der Waals surface area contributed by atoms with Gasteiger partial charge in [-0.05, 0) is 36.8 Å². The van der Waals surface area contributed by atoms with Crippen LogP contribution < -0.4 is 5.32 Å². The number of rotatable bonds is 6. The van der Waals surface area contributed by atoms with Crippen LogP contribution in [0.1, 0.15) is 41.8 Å². The van der Waals surface area contributed by atoms with E-state index in [1.807, 2.05) is 18.2 Å². The van der Waals surface area contributed by atoms with E-state index in [0.29, 0.717) is 19.6 Å². The quantitative estimate of drug-likeness (QED) is 0.779. The summed E-state index contributed by atoms with van der Waals surface area (Å²) in [6.45, 7) is 2.52. The van der Waals surface area contributed by atoms with Gasteiger partial charge in [-0.15, -0.1) is 0 Å². The highest BCUT2D eigenvalue weighted by molar-refractivity contribution is 5.88. The van der Waals surface area contributed by atoms with Crippen LogP contribution in [0, 0.1) is 0 Å². The van der Waals surface area contributed by atoms with Gasteiger partial charge in [-0.3, -0.25) is 19.6 Å². The van der Waals surface area contributed by atoms with Crippen molar-refractivity contribution in [2.24, 2.45) is 0 Å². The van der Waals surface area contributed by atoms with Gasteiger partial charge in [0.25, 0.3) is 0 Å². The van der Waals surface area contributed by atoms with E-state index in [4.69, 9.17) is 0 Å². The first-order valence-electron chi connectivity index (χ1n) is 10.5. The molecule has 2 aliphatic rings. The molecule has 0 radical (unpaired) electrons. The highest BCUT2D eigenvalue weighted by Crippen LogP contribution is 2.23. The van der Waals surface area contributed by atoms with Crippen molar-refractivity contribution in [1.29, 1.82) is 0 Å². The highest BCUT2D eigenvalue weighted by Gasteiger charge is 2.32. The average Bonchev–Trinajstić information content (AvgIpc) is 3.14. The van der Waals surface area contributed by atoms with Crippen LogP contribution in [0.15, 0.2) is 30.3 Å². The minimum atomic E-state index is -0.438. The van der Waals surface area contributed by atoms with Gasteiger partial charge < -0.3 is 10.2 Å². The number of carbonyl (C=O) groups excluding carboxylic acids is 2. The number of nitrogens with zero attached hydrogens (tertiary/aromatic N) is 3. The second-order valence-corrected chi connectivity index (χ2v) is 8.05. The second kappa shape index (κ2) is 8.78. The maximum absolute atomic E-state index is 12.9. The minimum Gasteiger partial charge on any atom is -0.353 e. The Morgan fingerprint density at radius 1 is 1.24 bits per heavy atom. The summed E-state index contributed by atoms with van der Waals surface area (Å²) in [5, 5.41) is 10.5. The molecule has 2 aromatic rings. The molecule has 1 aromatic carbocycles. The van der Waals surface area contributed by atoms with E-state index in [1.54, 1.807) is 11.9 Å². The molecule has 4 rings (SSSR count). The number of nitrogens with one attached hydrogen (secondary N) is 2. The van der Waals surface area contributed by atoms with Crippen LogP contribution in [-0.2, 0) is 35.5 Å². The van der Waals surface area contributed by atoms with E-state index < -0.39 is 6.04 Å². The first-order valence-corrected chi connectivity index (χ1v) is 10.5. The molecule has 1 unspecified atom stereocenters. The fraction of sp³-hybridized carbons (Fsp3) is 0.500. The molecule has 0 saturated carbocycles. The van der Waals surface area contributed by atoms with E-state index >= 15 is 0 Å². The summed E-state index contributed by atoms with van der Waals surface area (Å²) in [5.74, 6) is -0.0937. The van der Waals surface area contributed by atoms with Gasteiger partial charge in [-0.2, -0.15) is 5.10 Å². The highest BCUT2D eigenvalue weighted by atomic mass is 16.2. The monoisotopic (exact) mass is 395 g/mol. The Balaban J connectivity index is 1.40. The molecule has 0 bridgehead atoms. The average molecular weight is 396 g/mol. The number of H-pyrrole nitrogens is 1. The van der Waals surface area contributed by atoms with Gasteiger partial charge in [0.2, 0.25) is 11.8 Å². The molecule has 1 aromatic heterocycles. The van der Waals surface area contributed by atoms with Gasteiger partial charge >= 0.3 is 0 Å². The van der Waals surface area contributed by atoms with Crippen LogP contribution in [0.5, 0.6) is 0 Å². The van der Waals surface area contributed by atoms with E-state index in [0.717, 1.165) is 30.6 Å². The molecular formula is C22H29N5O2. The Labute approximate surface area is 171 Å². The number of aromatic amines is 1. The van der Waals surface area contributed by atoms with Crippen LogP contribution >= 0.6 is 0 Å². The van der Waals surface area contributed by atoms with Crippen molar-refractivity contribution < 1.29 is 9.59 Å². The molecule has 1 fully saturated rings. The van der Waals surface area contributed by atoms with Crippen molar-refractivity contribution in [1.82, 2.24) is 25.3 Å². The Kier molecular flexibility index (Phi) is 5.94. The summed E-state index contributed by atoms with van der Waals surface area (Å²) < 4.78 is 0. The van der Waals surface area contributed by atoms with Crippen LogP contribution in [0.25, 0.3) is 0 Å². The van der Waals surface area contributed by atoms with E-state index in [2.05, 4.69) is 32.5 Å². The zero-order valence-electron chi connectivity index (χ0n) is 17.0. The summed E-state index contributed by atoms with van der Waals surface area (Å²) in [6.07, 6.45) is 4.61. The minimum absolute atomic E-state index is 0.0299. The third-order valence-electron chi connectivity index (χ3n) is 5.99. The largest absolute Gasteiger partial charge is 0.353 e. The molecule has 1 aliphatic heterocycles.